The van der Waals surface area contributed by atoms with Gasteiger partial charge in [-0.2, -0.15) is 11.8 Å². The van der Waals surface area contributed by atoms with Crippen molar-refractivity contribution in [3.05, 3.63) is 29.8 Å². The van der Waals surface area contributed by atoms with Gasteiger partial charge in [0, 0.05) is 31.9 Å². The molecule has 0 amide bonds. The Morgan fingerprint density at radius 2 is 1.79 bits per heavy atom. The van der Waals surface area contributed by atoms with Crippen LogP contribution in [0, 0.1) is 0 Å². The first-order chi connectivity index (χ1) is 9.04. The van der Waals surface area contributed by atoms with Gasteiger partial charge in [-0.05, 0) is 49.5 Å². The number of hydrogen-bond donors (Lipinski definition) is 1. The normalized spacial score (nSPS) is 14.2. The van der Waals surface area contributed by atoms with Crippen LogP contribution < -0.4 is 10.2 Å². The molecule has 0 spiro atoms. The molecule has 1 N–H and O–H groups in total. The summed E-state index contributed by atoms with van der Waals surface area (Å²) in [5.41, 5.74) is 2.61. The molecule has 19 heavy (non-hydrogen) atoms. The lowest BCUT2D eigenvalue weighted by atomic mass is 10.1. The predicted octanol–water partition coefficient (Wildman–Crippen LogP) is 3.93. The molecule has 0 aromatic heterocycles. The van der Waals surface area contributed by atoms with E-state index in [9.17, 15) is 0 Å². The third-order valence-corrected chi connectivity index (χ3v) is 4.28. The van der Waals surface area contributed by atoms with Crippen molar-refractivity contribution in [2.24, 2.45) is 0 Å². The molecule has 2 unspecified atom stereocenters. The maximum Gasteiger partial charge on any atom is 0.0361 e. The van der Waals surface area contributed by atoms with E-state index in [0.717, 1.165) is 0 Å². The lowest BCUT2D eigenvalue weighted by Crippen LogP contribution is -2.29. The molecular weight excluding hydrogens is 252 g/mol. The number of nitrogens with zero attached hydrogens (tertiary/aromatic N) is 1. The van der Waals surface area contributed by atoms with Crippen molar-refractivity contribution in [3.63, 3.8) is 0 Å². The van der Waals surface area contributed by atoms with Crippen LogP contribution in [0.5, 0.6) is 0 Å². The Morgan fingerprint density at radius 1 is 1.16 bits per heavy atom. The zero-order valence-corrected chi connectivity index (χ0v) is 13.8. The molecular formula is C16H28N2S. The van der Waals surface area contributed by atoms with Gasteiger partial charge in [-0.25, -0.2) is 0 Å². The average Bonchev–Trinajstić information content (AvgIpc) is 2.39. The van der Waals surface area contributed by atoms with Crippen molar-refractivity contribution in [1.29, 1.82) is 0 Å². The van der Waals surface area contributed by atoms with Gasteiger partial charge in [0.25, 0.3) is 0 Å². The smallest absolute Gasteiger partial charge is 0.0361 e. The summed E-state index contributed by atoms with van der Waals surface area (Å²) in [6, 6.07) is 9.80. The van der Waals surface area contributed by atoms with Gasteiger partial charge in [-0.15, -0.1) is 0 Å². The number of thioether (sulfide) groups is 1. The fraction of sp³-hybridized carbons (Fsp3) is 0.625. The van der Waals surface area contributed by atoms with Crippen molar-refractivity contribution >= 4 is 17.4 Å². The summed E-state index contributed by atoms with van der Waals surface area (Å²) < 4.78 is 0. The molecule has 0 radical (unpaired) electrons. The summed E-state index contributed by atoms with van der Waals surface area (Å²) in [5, 5.41) is 3.68. The van der Waals surface area contributed by atoms with Crippen LogP contribution in [-0.2, 0) is 0 Å². The zero-order valence-electron chi connectivity index (χ0n) is 12.9. The van der Waals surface area contributed by atoms with Gasteiger partial charge in [0.1, 0.15) is 0 Å². The number of benzene rings is 1. The summed E-state index contributed by atoms with van der Waals surface area (Å²) in [4.78, 5) is 2.13. The van der Waals surface area contributed by atoms with Crippen LogP contribution in [0.3, 0.4) is 0 Å². The van der Waals surface area contributed by atoms with Crippen LogP contribution in [-0.4, -0.2) is 31.6 Å². The first-order valence-corrected chi connectivity index (χ1v) is 8.31. The van der Waals surface area contributed by atoms with Crippen LogP contribution in [0.1, 0.15) is 38.8 Å². The van der Waals surface area contributed by atoms with Gasteiger partial charge in [-0.1, -0.05) is 19.1 Å². The Labute approximate surface area is 123 Å². The number of rotatable bonds is 8. The SMILES string of the molecule is CCSCCC(C)NC(C)c1ccc(N(C)C)cc1. The summed E-state index contributed by atoms with van der Waals surface area (Å²) >= 11 is 2.02. The molecule has 0 aliphatic rings. The maximum absolute atomic E-state index is 3.68. The van der Waals surface area contributed by atoms with Gasteiger partial charge in [0.2, 0.25) is 0 Å². The van der Waals surface area contributed by atoms with Crippen LogP contribution in [0.15, 0.2) is 24.3 Å². The van der Waals surface area contributed by atoms with Gasteiger partial charge in [0.15, 0.2) is 0 Å². The molecule has 1 aromatic carbocycles. The molecule has 2 atom stereocenters. The second-order valence-corrected chi connectivity index (χ2v) is 6.65. The fourth-order valence-electron chi connectivity index (χ4n) is 2.07. The summed E-state index contributed by atoms with van der Waals surface area (Å²) in [6.07, 6.45) is 1.23. The van der Waals surface area contributed by atoms with E-state index in [1.54, 1.807) is 0 Å². The number of nitrogens with one attached hydrogen (secondary N) is 1. The highest BCUT2D eigenvalue weighted by atomic mass is 32.2. The van der Waals surface area contributed by atoms with Crippen molar-refractivity contribution in [2.45, 2.75) is 39.3 Å². The van der Waals surface area contributed by atoms with E-state index in [4.69, 9.17) is 0 Å². The van der Waals surface area contributed by atoms with E-state index in [1.165, 1.54) is 29.2 Å². The van der Waals surface area contributed by atoms with E-state index < -0.39 is 0 Å². The lowest BCUT2D eigenvalue weighted by Gasteiger charge is -2.21. The first kappa shape index (κ1) is 16.4. The predicted molar refractivity (Wildman–Crippen MR) is 89.4 cm³/mol. The van der Waals surface area contributed by atoms with Crippen LogP contribution in [0.4, 0.5) is 5.69 Å². The van der Waals surface area contributed by atoms with E-state index >= 15 is 0 Å². The Bertz CT molecular complexity index is 348. The topological polar surface area (TPSA) is 15.3 Å². The fourth-order valence-corrected chi connectivity index (χ4v) is 2.88. The first-order valence-electron chi connectivity index (χ1n) is 7.15. The van der Waals surface area contributed by atoms with E-state index in [-0.39, 0.29) is 0 Å². The molecule has 1 aromatic rings. The highest BCUT2D eigenvalue weighted by molar-refractivity contribution is 7.99. The minimum Gasteiger partial charge on any atom is -0.378 e. The molecule has 108 valence electrons. The van der Waals surface area contributed by atoms with Crippen molar-refractivity contribution in [1.82, 2.24) is 5.32 Å². The minimum absolute atomic E-state index is 0.415. The number of anilines is 1. The van der Waals surface area contributed by atoms with Gasteiger partial charge in [0.05, 0.1) is 0 Å². The summed E-state index contributed by atoms with van der Waals surface area (Å²) in [7, 11) is 4.15. The van der Waals surface area contributed by atoms with Gasteiger partial charge >= 0.3 is 0 Å². The maximum atomic E-state index is 3.68. The van der Waals surface area contributed by atoms with Crippen LogP contribution in [0.2, 0.25) is 0 Å². The van der Waals surface area contributed by atoms with Crippen molar-refractivity contribution in [3.8, 4) is 0 Å². The highest BCUT2D eigenvalue weighted by Gasteiger charge is 2.09. The van der Waals surface area contributed by atoms with E-state index in [1.807, 2.05) is 11.8 Å². The lowest BCUT2D eigenvalue weighted by molar-refractivity contribution is 0.471. The largest absolute Gasteiger partial charge is 0.378 e. The molecule has 0 saturated heterocycles. The molecule has 3 heteroatoms. The third kappa shape index (κ3) is 5.87. The monoisotopic (exact) mass is 280 g/mol. The molecule has 0 aliphatic carbocycles. The zero-order chi connectivity index (χ0) is 14.3. The quantitative estimate of drug-likeness (QED) is 0.726. The average molecular weight is 280 g/mol. The standard InChI is InChI=1S/C16H28N2S/c1-6-19-12-11-13(2)17-14(3)15-7-9-16(10-8-15)18(4)5/h7-10,13-14,17H,6,11-12H2,1-5H3. The summed E-state index contributed by atoms with van der Waals surface area (Å²) in [6.45, 7) is 6.74. The molecule has 0 aliphatic heterocycles. The summed E-state index contributed by atoms with van der Waals surface area (Å²) in [5.74, 6) is 2.46. The van der Waals surface area contributed by atoms with Crippen LogP contribution >= 0.6 is 11.8 Å². The second-order valence-electron chi connectivity index (χ2n) is 5.26. The van der Waals surface area contributed by atoms with E-state index in [0.29, 0.717) is 12.1 Å². The Morgan fingerprint density at radius 3 is 2.32 bits per heavy atom. The van der Waals surface area contributed by atoms with Crippen LogP contribution in [0.25, 0.3) is 0 Å². The highest BCUT2D eigenvalue weighted by Crippen LogP contribution is 2.18. The van der Waals surface area contributed by atoms with Gasteiger partial charge < -0.3 is 10.2 Å². The molecule has 0 heterocycles. The Hall–Kier alpha value is -0.670. The van der Waals surface area contributed by atoms with Gasteiger partial charge in [-0.3, -0.25) is 0 Å². The molecule has 0 bridgehead atoms. The third-order valence-electron chi connectivity index (χ3n) is 3.34. The molecule has 1 rings (SSSR count). The molecule has 0 saturated carbocycles. The molecule has 0 fully saturated rings. The Balaban J connectivity index is 2.46. The van der Waals surface area contributed by atoms with Crippen molar-refractivity contribution < 1.29 is 0 Å². The minimum atomic E-state index is 0.415. The molecule has 2 nitrogen and oxygen atoms in total. The second kappa shape index (κ2) is 8.49. The van der Waals surface area contributed by atoms with Crippen molar-refractivity contribution in [2.75, 3.05) is 30.5 Å². The number of hydrogen-bond acceptors (Lipinski definition) is 3. The van der Waals surface area contributed by atoms with E-state index in [2.05, 4.69) is 69.3 Å². The Kier molecular flexibility index (Phi) is 7.32.